The first kappa shape index (κ1) is 20.8. The topological polar surface area (TPSA) is 76.8 Å². The Morgan fingerprint density at radius 1 is 1.13 bits per heavy atom. The maximum atomic E-state index is 12.7. The summed E-state index contributed by atoms with van der Waals surface area (Å²) >= 11 is 0. The Balaban J connectivity index is 1.48. The molecule has 1 atom stereocenters. The van der Waals surface area contributed by atoms with Crippen molar-refractivity contribution in [1.82, 2.24) is 0 Å². The normalized spacial score (nSPS) is 16.2. The lowest BCUT2D eigenvalue weighted by molar-refractivity contribution is -0.149. The molecule has 31 heavy (non-hydrogen) atoms. The van der Waals surface area contributed by atoms with E-state index >= 15 is 0 Å². The van der Waals surface area contributed by atoms with Gasteiger partial charge in [0.15, 0.2) is 0 Å². The number of esters is 1. The van der Waals surface area contributed by atoms with Crippen molar-refractivity contribution in [2.45, 2.75) is 40.2 Å². The van der Waals surface area contributed by atoms with Gasteiger partial charge in [-0.3, -0.25) is 9.59 Å². The average molecular weight is 419 g/mol. The lowest BCUT2D eigenvalue weighted by atomic mass is 10.0. The Morgan fingerprint density at radius 2 is 1.87 bits per heavy atom. The Labute approximate surface area is 180 Å². The molecule has 1 unspecified atom stereocenters. The quantitative estimate of drug-likeness (QED) is 0.460. The van der Waals surface area contributed by atoms with Gasteiger partial charge >= 0.3 is 11.6 Å². The van der Waals surface area contributed by atoms with E-state index in [1.54, 1.807) is 4.90 Å². The number of nitrogens with zero attached hydrogens (tertiary/aromatic N) is 1. The highest BCUT2D eigenvalue weighted by atomic mass is 16.5. The van der Waals surface area contributed by atoms with Gasteiger partial charge < -0.3 is 14.1 Å². The largest absolute Gasteiger partial charge is 0.461 e. The first-order valence-electron chi connectivity index (χ1n) is 10.5. The van der Waals surface area contributed by atoms with Crippen LogP contribution in [0.5, 0.6) is 0 Å². The standard InChI is InChI=1S/C25H25NO5/c1-4-17-6-8-20(9-7-17)26-13-18(11-22(26)27)25(29)30-14-19-12-23(28)31-24-16(3)15(2)5-10-21(19)24/h5-10,12,18H,4,11,13-14H2,1-3H3. The summed E-state index contributed by atoms with van der Waals surface area (Å²) in [7, 11) is 0. The minimum absolute atomic E-state index is 0.0423. The summed E-state index contributed by atoms with van der Waals surface area (Å²) in [6.45, 7) is 6.16. The number of hydrogen-bond acceptors (Lipinski definition) is 5. The van der Waals surface area contributed by atoms with Gasteiger partial charge in [0.2, 0.25) is 5.91 Å². The van der Waals surface area contributed by atoms with E-state index in [0.717, 1.165) is 28.6 Å². The number of anilines is 1. The van der Waals surface area contributed by atoms with Crippen LogP contribution in [-0.4, -0.2) is 18.4 Å². The average Bonchev–Trinajstić information content (AvgIpc) is 3.16. The van der Waals surface area contributed by atoms with Crippen molar-refractivity contribution in [3.63, 3.8) is 0 Å². The molecule has 1 aliphatic heterocycles. The van der Waals surface area contributed by atoms with Crippen molar-refractivity contribution >= 4 is 28.5 Å². The molecule has 0 bridgehead atoms. The van der Waals surface area contributed by atoms with Crippen LogP contribution in [0, 0.1) is 19.8 Å². The Bertz CT molecular complexity index is 1210. The third-order valence-corrected chi connectivity index (χ3v) is 6.00. The minimum atomic E-state index is -0.534. The molecule has 6 heteroatoms. The van der Waals surface area contributed by atoms with Crippen molar-refractivity contribution < 1.29 is 18.7 Å². The molecule has 0 saturated carbocycles. The zero-order valence-corrected chi connectivity index (χ0v) is 17.9. The molecule has 1 amide bonds. The van der Waals surface area contributed by atoms with Crippen LogP contribution in [0.2, 0.25) is 0 Å². The fourth-order valence-corrected chi connectivity index (χ4v) is 3.94. The van der Waals surface area contributed by atoms with Crippen LogP contribution in [0.15, 0.2) is 51.7 Å². The molecule has 3 aromatic rings. The van der Waals surface area contributed by atoms with E-state index in [1.807, 2.05) is 50.2 Å². The molecule has 2 aromatic carbocycles. The molecule has 0 N–H and O–H groups in total. The number of rotatable bonds is 5. The van der Waals surface area contributed by atoms with E-state index in [-0.39, 0.29) is 18.9 Å². The van der Waals surface area contributed by atoms with Gasteiger partial charge in [0, 0.05) is 35.7 Å². The van der Waals surface area contributed by atoms with E-state index in [9.17, 15) is 14.4 Å². The summed E-state index contributed by atoms with van der Waals surface area (Å²) in [5, 5.41) is 0.746. The number of amides is 1. The number of aryl methyl sites for hydroxylation is 3. The third kappa shape index (κ3) is 4.10. The summed E-state index contributed by atoms with van der Waals surface area (Å²) in [6.07, 6.45) is 1.04. The molecular formula is C25H25NO5. The summed E-state index contributed by atoms with van der Waals surface area (Å²) in [5.41, 5.74) is 4.50. The summed E-state index contributed by atoms with van der Waals surface area (Å²) < 4.78 is 10.9. The molecule has 4 rings (SSSR count). The molecule has 6 nitrogen and oxygen atoms in total. The molecule has 0 radical (unpaired) electrons. The van der Waals surface area contributed by atoms with Crippen LogP contribution < -0.4 is 10.5 Å². The van der Waals surface area contributed by atoms with E-state index in [4.69, 9.17) is 9.15 Å². The van der Waals surface area contributed by atoms with Crippen LogP contribution in [0.3, 0.4) is 0 Å². The monoisotopic (exact) mass is 419 g/mol. The lowest BCUT2D eigenvalue weighted by Gasteiger charge is -2.17. The molecule has 0 spiro atoms. The Kier molecular flexibility index (Phi) is 5.63. The van der Waals surface area contributed by atoms with Crippen molar-refractivity contribution in [2.24, 2.45) is 5.92 Å². The van der Waals surface area contributed by atoms with Crippen LogP contribution >= 0.6 is 0 Å². The number of carbonyl (C=O) groups excluding carboxylic acids is 2. The molecular weight excluding hydrogens is 394 g/mol. The van der Waals surface area contributed by atoms with E-state index in [1.165, 1.54) is 11.6 Å². The highest BCUT2D eigenvalue weighted by Crippen LogP contribution is 2.28. The number of fused-ring (bicyclic) bond motifs is 1. The van der Waals surface area contributed by atoms with Crippen LogP contribution in [0.1, 0.15) is 35.6 Å². The highest BCUT2D eigenvalue weighted by molar-refractivity contribution is 5.99. The second-order valence-corrected chi connectivity index (χ2v) is 8.01. The van der Waals surface area contributed by atoms with E-state index < -0.39 is 17.5 Å². The Morgan fingerprint density at radius 3 is 2.58 bits per heavy atom. The van der Waals surface area contributed by atoms with Crippen molar-refractivity contribution in [1.29, 1.82) is 0 Å². The predicted molar refractivity (Wildman–Crippen MR) is 118 cm³/mol. The first-order chi connectivity index (χ1) is 14.9. The second kappa shape index (κ2) is 8.38. The summed E-state index contributed by atoms with van der Waals surface area (Å²) in [6, 6.07) is 13.0. The number of benzene rings is 2. The van der Waals surface area contributed by atoms with Crippen LogP contribution in [-0.2, 0) is 27.4 Å². The fraction of sp³-hybridized carbons (Fsp3) is 0.320. The maximum absolute atomic E-state index is 12.7. The number of hydrogen-bond donors (Lipinski definition) is 0. The first-order valence-corrected chi connectivity index (χ1v) is 10.5. The maximum Gasteiger partial charge on any atom is 0.336 e. The molecule has 2 heterocycles. The zero-order valence-electron chi connectivity index (χ0n) is 17.9. The van der Waals surface area contributed by atoms with Crippen molar-refractivity contribution in [3.8, 4) is 0 Å². The molecule has 1 aromatic heterocycles. The summed E-state index contributed by atoms with van der Waals surface area (Å²) in [5.74, 6) is -1.07. The fourth-order valence-electron chi connectivity index (χ4n) is 3.94. The van der Waals surface area contributed by atoms with Gasteiger partial charge in [0.1, 0.15) is 12.2 Å². The molecule has 160 valence electrons. The SMILES string of the molecule is CCc1ccc(N2CC(C(=O)OCc3cc(=O)oc4c(C)c(C)ccc34)CC2=O)cc1. The molecule has 1 fully saturated rings. The zero-order chi connectivity index (χ0) is 22.1. The van der Waals surface area contributed by atoms with E-state index in [2.05, 4.69) is 6.92 Å². The smallest absolute Gasteiger partial charge is 0.336 e. The van der Waals surface area contributed by atoms with Crippen LogP contribution in [0.4, 0.5) is 5.69 Å². The van der Waals surface area contributed by atoms with Crippen LogP contribution in [0.25, 0.3) is 11.0 Å². The second-order valence-electron chi connectivity index (χ2n) is 8.01. The van der Waals surface area contributed by atoms with Gasteiger partial charge in [0.05, 0.1) is 5.92 Å². The highest BCUT2D eigenvalue weighted by Gasteiger charge is 2.36. The minimum Gasteiger partial charge on any atom is -0.461 e. The molecule has 1 aliphatic rings. The van der Waals surface area contributed by atoms with Gasteiger partial charge in [-0.15, -0.1) is 0 Å². The summed E-state index contributed by atoms with van der Waals surface area (Å²) in [4.78, 5) is 38.8. The third-order valence-electron chi connectivity index (χ3n) is 6.00. The lowest BCUT2D eigenvalue weighted by Crippen LogP contribution is -2.26. The van der Waals surface area contributed by atoms with Crippen molar-refractivity contribution in [3.05, 3.63) is 75.1 Å². The number of carbonyl (C=O) groups is 2. The van der Waals surface area contributed by atoms with Gasteiger partial charge in [-0.2, -0.15) is 0 Å². The van der Waals surface area contributed by atoms with Gasteiger partial charge in [-0.05, 0) is 49.1 Å². The molecule has 0 aliphatic carbocycles. The predicted octanol–water partition coefficient (Wildman–Crippen LogP) is 4.07. The van der Waals surface area contributed by atoms with Gasteiger partial charge in [-0.1, -0.05) is 31.2 Å². The van der Waals surface area contributed by atoms with Gasteiger partial charge in [-0.25, -0.2) is 4.79 Å². The van der Waals surface area contributed by atoms with E-state index in [0.29, 0.717) is 17.7 Å². The Hall–Kier alpha value is -3.41. The van der Waals surface area contributed by atoms with Crippen molar-refractivity contribution in [2.75, 3.05) is 11.4 Å². The number of ether oxygens (including phenoxy) is 1. The van der Waals surface area contributed by atoms with Gasteiger partial charge in [0.25, 0.3) is 0 Å². The molecule has 1 saturated heterocycles.